The van der Waals surface area contributed by atoms with Crippen molar-refractivity contribution in [3.63, 3.8) is 0 Å². The number of benzene rings is 2. The molecule has 6 heteroatoms. The van der Waals surface area contributed by atoms with Crippen LogP contribution in [0.4, 0.5) is 5.69 Å². The Morgan fingerprint density at radius 2 is 1.72 bits per heavy atom. The van der Waals surface area contributed by atoms with E-state index in [1.165, 1.54) is 11.3 Å². The van der Waals surface area contributed by atoms with Crippen molar-refractivity contribution in [1.29, 1.82) is 0 Å². The molecule has 2 amide bonds. The predicted octanol–water partition coefficient (Wildman–Crippen LogP) is 4.68. The Bertz CT molecular complexity index is 919. The van der Waals surface area contributed by atoms with Gasteiger partial charge in [-0.1, -0.05) is 29.8 Å². The highest BCUT2D eigenvalue weighted by molar-refractivity contribution is 7.17. The summed E-state index contributed by atoms with van der Waals surface area (Å²) in [6.07, 6.45) is 0. The number of amides is 2. The molecule has 4 nitrogen and oxygen atoms in total. The average Bonchev–Trinajstić information content (AvgIpc) is 3.12. The van der Waals surface area contributed by atoms with Crippen molar-refractivity contribution in [2.24, 2.45) is 0 Å². The lowest BCUT2D eigenvalue weighted by Gasteiger charge is -2.06. The number of rotatable bonds is 4. The lowest BCUT2D eigenvalue weighted by atomic mass is 10.2. The molecule has 2 N–H and O–H groups in total. The summed E-state index contributed by atoms with van der Waals surface area (Å²) in [6, 6.07) is 18.0. The molecule has 126 valence electrons. The van der Waals surface area contributed by atoms with Crippen LogP contribution >= 0.6 is 22.9 Å². The molecule has 0 saturated carbocycles. The molecule has 1 heterocycles. The standard InChI is InChI=1S/C19H15ClN2O2S/c1-21-18(23)13-3-2-4-15(11-13)22-19(24)17-10-9-16(25-17)12-5-7-14(20)8-6-12/h2-11H,1H3,(H,21,23)(H,22,24). The van der Waals surface area contributed by atoms with Crippen molar-refractivity contribution in [3.8, 4) is 10.4 Å². The maximum absolute atomic E-state index is 12.4. The minimum atomic E-state index is -0.209. The van der Waals surface area contributed by atoms with E-state index in [2.05, 4.69) is 10.6 Å². The summed E-state index contributed by atoms with van der Waals surface area (Å²) in [7, 11) is 1.57. The van der Waals surface area contributed by atoms with Crippen LogP contribution in [-0.2, 0) is 0 Å². The highest BCUT2D eigenvalue weighted by atomic mass is 35.5. The molecule has 0 radical (unpaired) electrons. The van der Waals surface area contributed by atoms with Crippen LogP contribution in [0.25, 0.3) is 10.4 Å². The average molecular weight is 371 g/mol. The van der Waals surface area contributed by atoms with Gasteiger partial charge in [-0.2, -0.15) is 0 Å². The van der Waals surface area contributed by atoms with E-state index < -0.39 is 0 Å². The highest BCUT2D eigenvalue weighted by Crippen LogP contribution is 2.29. The summed E-state index contributed by atoms with van der Waals surface area (Å²) in [5, 5.41) is 6.06. The number of hydrogen-bond acceptors (Lipinski definition) is 3. The fourth-order valence-electron chi connectivity index (χ4n) is 2.30. The van der Waals surface area contributed by atoms with Crippen molar-refractivity contribution in [2.45, 2.75) is 0 Å². The topological polar surface area (TPSA) is 58.2 Å². The van der Waals surface area contributed by atoms with E-state index in [4.69, 9.17) is 11.6 Å². The lowest BCUT2D eigenvalue weighted by Crippen LogP contribution is -2.18. The Hall–Kier alpha value is -2.63. The summed E-state index contributed by atoms with van der Waals surface area (Å²) in [5.41, 5.74) is 2.08. The monoisotopic (exact) mass is 370 g/mol. The summed E-state index contributed by atoms with van der Waals surface area (Å²) in [4.78, 5) is 25.7. The number of carbonyl (C=O) groups is 2. The second-order valence-electron chi connectivity index (χ2n) is 5.28. The molecule has 0 bridgehead atoms. The molecule has 0 spiro atoms. The third-order valence-electron chi connectivity index (χ3n) is 3.57. The summed E-state index contributed by atoms with van der Waals surface area (Å²) < 4.78 is 0. The van der Waals surface area contributed by atoms with Crippen molar-refractivity contribution < 1.29 is 9.59 Å². The van der Waals surface area contributed by atoms with Gasteiger partial charge in [0.05, 0.1) is 4.88 Å². The molecule has 0 atom stereocenters. The van der Waals surface area contributed by atoms with Crippen LogP contribution in [0.3, 0.4) is 0 Å². The van der Waals surface area contributed by atoms with Crippen molar-refractivity contribution in [2.75, 3.05) is 12.4 Å². The Morgan fingerprint density at radius 3 is 2.44 bits per heavy atom. The number of hydrogen-bond donors (Lipinski definition) is 2. The van der Waals surface area contributed by atoms with Crippen LogP contribution in [0, 0.1) is 0 Å². The van der Waals surface area contributed by atoms with Gasteiger partial charge < -0.3 is 10.6 Å². The van der Waals surface area contributed by atoms with Gasteiger partial charge in [-0.15, -0.1) is 11.3 Å². The fraction of sp³-hybridized carbons (Fsp3) is 0.0526. The van der Waals surface area contributed by atoms with Crippen LogP contribution in [0.15, 0.2) is 60.7 Å². The van der Waals surface area contributed by atoms with Gasteiger partial charge in [0, 0.05) is 28.2 Å². The summed E-state index contributed by atoms with van der Waals surface area (Å²) in [5.74, 6) is -0.406. The third-order valence-corrected chi connectivity index (χ3v) is 4.95. The molecule has 0 unspecified atom stereocenters. The van der Waals surface area contributed by atoms with Crippen LogP contribution in [0.5, 0.6) is 0 Å². The number of thiophene rings is 1. The SMILES string of the molecule is CNC(=O)c1cccc(NC(=O)c2ccc(-c3ccc(Cl)cc3)s2)c1. The van der Waals surface area contributed by atoms with Crippen molar-refractivity contribution >= 4 is 40.4 Å². The Labute approximate surface area is 154 Å². The molecule has 0 aliphatic rings. The first-order valence-electron chi connectivity index (χ1n) is 7.56. The predicted molar refractivity (Wildman–Crippen MR) is 103 cm³/mol. The van der Waals surface area contributed by atoms with E-state index in [0.717, 1.165) is 10.4 Å². The van der Waals surface area contributed by atoms with Gasteiger partial charge in [-0.05, 0) is 48.0 Å². The molecule has 0 aliphatic heterocycles. The fourth-order valence-corrected chi connectivity index (χ4v) is 3.34. The first-order chi connectivity index (χ1) is 12.1. The second kappa shape index (κ2) is 7.51. The van der Waals surface area contributed by atoms with Crippen molar-refractivity contribution in [3.05, 3.63) is 76.1 Å². The third kappa shape index (κ3) is 4.07. The normalized spacial score (nSPS) is 10.3. The Kier molecular flexibility index (Phi) is 5.16. The van der Waals surface area contributed by atoms with Gasteiger partial charge in [0.2, 0.25) is 0 Å². The first kappa shape index (κ1) is 17.2. The molecule has 3 rings (SSSR count). The van der Waals surface area contributed by atoms with E-state index >= 15 is 0 Å². The molecule has 25 heavy (non-hydrogen) atoms. The zero-order chi connectivity index (χ0) is 17.8. The van der Waals surface area contributed by atoms with Gasteiger partial charge in [0.25, 0.3) is 11.8 Å². The molecule has 3 aromatic rings. The molecule has 1 aromatic heterocycles. The zero-order valence-electron chi connectivity index (χ0n) is 13.4. The van der Waals surface area contributed by atoms with Gasteiger partial charge in [-0.25, -0.2) is 0 Å². The van der Waals surface area contributed by atoms with Gasteiger partial charge in [-0.3, -0.25) is 9.59 Å². The number of carbonyl (C=O) groups excluding carboxylic acids is 2. The molecular formula is C19H15ClN2O2S. The van der Waals surface area contributed by atoms with E-state index in [0.29, 0.717) is 21.2 Å². The van der Waals surface area contributed by atoms with Crippen LogP contribution < -0.4 is 10.6 Å². The minimum absolute atomic E-state index is 0.197. The molecular weight excluding hydrogens is 356 g/mol. The summed E-state index contributed by atoms with van der Waals surface area (Å²) >= 11 is 7.30. The van der Waals surface area contributed by atoms with Crippen LogP contribution in [-0.4, -0.2) is 18.9 Å². The maximum atomic E-state index is 12.4. The van der Waals surface area contributed by atoms with Gasteiger partial charge in [0.1, 0.15) is 0 Å². The quantitative estimate of drug-likeness (QED) is 0.700. The number of halogens is 1. The van der Waals surface area contributed by atoms with Gasteiger partial charge in [0.15, 0.2) is 0 Å². The minimum Gasteiger partial charge on any atom is -0.355 e. The Balaban J connectivity index is 1.76. The molecule has 0 saturated heterocycles. The van der Waals surface area contributed by atoms with E-state index in [1.54, 1.807) is 37.4 Å². The smallest absolute Gasteiger partial charge is 0.265 e. The first-order valence-corrected chi connectivity index (χ1v) is 8.75. The van der Waals surface area contributed by atoms with Crippen LogP contribution in [0.1, 0.15) is 20.0 Å². The molecule has 0 aliphatic carbocycles. The second-order valence-corrected chi connectivity index (χ2v) is 6.81. The van der Waals surface area contributed by atoms with Crippen LogP contribution in [0.2, 0.25) is 5.02 Å². The highest BCUT2D eigenvalue weighted by Gasteiger charge is 2.12. The largest absolute Gasteiger partial charge is 0.355 e. The van der Waals surface area contributed by atoms with E-state index in [9.17, 15) is 9.59 Å². The lowest BCUT2D eigenvalue weighted by molar-refractivity contribution is 0.0961. The maximum Gasteiger partial charge on any atom is 0.265 e. The van der Waals surface area contributed by atoms with Crippen molar-refractivity contribution in [1.82, 2.24) is 5.32 Å². The number of anilines is 1. The molecule has 2 aromatic carbocycles. The summed E-state index contributed by atoms with van der Waals surface area (Å²) in [6.45, 7) is 0. The number of nitrogens with one attached hydrogen (secondary N) is 2. The zero-order valence-corrected chi connectivity index (χ0v) is 14.9. The Morgan fingerprint density at radius 1 is 0.960 bits per heavy atom. The van der Waals surface area contributed by atoms with E-state index in [-0.39, 0.29) is 11.8 Å². The van der Waals surface area contributed by atoms with E-state index in [1.807, 2.05) is 30.3 Å². The molecule has 0 fully saturated rings. The van der Waals surface area contributed by atoms with Gasteiger partial charge >= 0.3 is 0 Å².